The van der Waals surface area contributed by atoms with Crippen molar-refractivity contribution in [1.29, 1.82) is 0 Å². The van der Waals surface area contributed by atoms with Gasteiger partial charge in [-0.05, 0) is 56.5 Å². The number of benzene rings is 2. The molecule has 204 valence electrons. The van der Waals surface area contributed by atoms with Crippen LogP contribution in [-0.4, -0.2) is 56.7 Å². The summed E-state index contributed by atoms with van der Waals surface area (Å²) >= 11 is 0. The summed E-state index contributed by atoms with van der Waals surface area (Å²) in [6.07, 6.45) is 3.84. The number of hydrogen-bond acceptors (Lipinski definition) is 8. The van der Waals surface area contributed by atoms with Gasteiger partial charge >= 0.3 is 0 Å². The van der Waals surface area contributed by atoms with Gasteiger partial charge in [-0.2, -0.15) is 10.5 Å². The second-order valence-electron chi connectivity index (χ2n) is 9.48. The first-order valence-electron chi connectivity index (χ1n) is 13.1. The standard InChI is InChI=1S/C29H33FN6O2S/c1-3-39(24-12-14-37-15-13-24)23-10-8-21(9-11-23)25-18-33-27(31)26(34-25)29-36-35-28(38-29)22-6-4-20(5-7-22)17-32-19(2)16-30/h3-11,18-19,24,32H,12-17H2,1-2H3,(H2,31,33). The molecule has 2 aromatic heterocycles. The number of aromatic nitrogens is 4. The zero-order valence-corrected chi connectivity index (χ0v) is 23.0. The van der Waals surface area contributed by atoms with Gasteiger partial charge in [0.15, 0.2) is 11.5 Å². The minimum atomic E-state index is -0.406. The molecular formula is C29H33FN6O2S. The molecule has 0 saturated carbocycles. The zero-order valence-electron chi connectivity index (χ0n) is 22.1. The van der Waals surface area contributed by atoms with Crippen LogP contribution in [0.1, 0.15) is 32.3 Å². The molecule has 5 rings (SSSR count). The zero-order chi connectivity index (χ0) is 27.2. The number of ether oxygens (including phenoxy) is 1. The van der Waals surface area contributed by atoms with Crippen LogP contribution < -0.4 is 11.1 Å². The Morgan fingerprint density at radius 1 is 1.05 bits per heavy atom. The number of anilines is 1. The quantitative estimate of drug-likeness (QED) is 0.263. The second kappa shape index (κ2) is 12.6. The summed E-state index contributed by atoms with van der Waals surface area (Å²) in [5.41, 5.74) is 9.91. The normalized spacial score (nSPS) is 15.9. The van der Waals surface area contributed by atoms with E-state index in [2.05, 4.69) is 57.1 Å². The third-order valence-corrected chi connectivity index (χ3v) is 9.23. The van der Waals surface area contributed by atoms with E-state index in [1.165, 1.54) is 4.90 Å². The summed E-state index contributed by atoms with van der Waals surface area (Å²) in [7, 11) is 0.0823. The monoisotopic (exact) mass is 548 g/mol. The molecule has 0 radical (unpaired) electrons. The molecule has 1 aliphatic heterocycles. The molecule has 2 unspecified atom stereocenters. The average Bonchev–Trinajstić information content (AvgIpc) is 3.48. The molecule has 2 atom stereocenters. The predicted octanol–water partition coefficient (Wildman–Crippen LogP) is 5.52. The van der Waals surface area contributed by atoms with Crippen LogP contribution in [0.5, 0.6) is 0 Å². The second-order valence-corrected chi connectivity index (χ2v) is 11.8. The van der Waals surface area contributed by atoms with Crippen LogP contribution >= 0.6 is 10.5 Å². The van der Waals surface area contributed by atoms with Gasteiger partial charge in [-0.25, -0.2) is 14.4 Å². The number of rotatable bonds is 9. The molecule has 0 amide bonds. The van der Waals surface area contributed by atoms with Crippen molar-refractivity contribution < 1.29 is 13.5 Å². The van der Waals surface area contributed by atoms with Gasteiger partial charge in [0.25, 0.3) is 5.89 Å². The Morgan fingerprint density at radius 3 is 2.44 bits per heavy atom. The Hall–Kier alpha value is -3.47. The SMILES string of the molecule is C/C=S(\c1ccc(-c2cnc(N)c(-c3nnc(-c4ccc(CNC(C)CF)cc4)o3)n2)cc1)C1CCOCC1. The van der Waals surface area contributed by atoms with E-state index in [0.717, 1.165) is 42.7 Å². The summed E-state index contributed by atoms with van der Waals surface area (Å²) in [5, 5.41) is 14.4. The number of hydrogen-bond donors (Lipinski definition) is 2. The fraction of sp³-hybridized carbons (Fsp3) is 0.345. The lowest BCUT2D eigenvalue weighted by Crippen LogP contribution is -2.27. The molecule has 1 fully saturated rings. The van der Waals surface area contributed by atoms with Gasteiger partial charge in [0.05, 0.1) is 11.9 Å². The molecule has 8 nitrogen and oxygen atoms in total. The lowest BCUT2D eigenvalue weighted by Gasteiger charge is -2.26. The predicted molar refractivity (Wildman–Crippen MR) is 154 cm³/mol. The molecule has 10 heteroatoms. The van der Waals surface area contributed by atoms with E-state index in [9.17, 15) is 4.39 Å². The molecule has 1 aliphatic rings. The summed E-state index contributed by atoms with van der Waals surface area (Å²) < 4.78 is 24.2. The first-order chi connectivity index (χ1) is 19.1. The maximum Gasteiger partial charge on any atom is 0.270 e. The molecule has 0 spiro atoms. The van der Waals surface area contributed by atoms with Gasteiger partial charge in [-0.1, -0.05) is 29.6 Å². The number of nitrogens with two attached hydrogens (primary N) is 1. The van der Waals surface area contributed by atoms with E-state index in [4.69, 9.17) is 19.9 Å². The van der Waals surface area contributed by atoms with Crippen LogP contribution in [0, 0.1) is 0 Å². The largest absolute Gasteiger partial charge is 0.414 e. The van der Waals surface area contributed by atoms with Crippen molar-refractivity contribution in [2.75, 3.05) is 25.6 Å². The molecule has 0 bridgehead atoms. The number of nitrogens with zero attached hydrogens (tertiary/aromatic N) is 4. The third-order valence-electron chi connectivity index (χ3n) is 6.72. The van der Waals surface area contributed by atoms with Gasteiger partial charge in [0.2, 0.25) is 5.89 Å². The average molecular weight is 549 g/mol. The van der Waals surface area contributed by atoms with Crippen LogP contribution in [0.4, 0.5) is 10.2 Å². The minimum Gasteiger partial charge on any atom is -0.414 e. The fourth-order valence-electron chi connectivity index (χ4n) is 4.48. The van der Waals surface area contributed by atoms with Gasteiger partial charge in [-0.3, -0.25) is 0 Å². The topological polar surface area (TPSA) is 112 Å². The van der Waals surface area contributed by atoms with Crippen molar-refractivity contribution in [1.82, 2.24) is 25.5 Å². The van der Waals surface area contributed by atoms with Crippen molar-refractivity contribution in [3.8, 4) is 34.3 Å². The number of alkyl halides is 1. The molecule has 1 saturated heterocycles. The molecule has 2 aromatic carbocycles. The van der Waals surface area contributed by atoms with Crippen molar-refractivity contribution in [2.45, 2.75) is 49.4 Å². The van der Waals surface area contributed by atoms with Crippen molar-refractivity contribution in [3.05, 3.63) is 60.3 Å². The van der Waals surface area contributed by atoms with E-state index in [1.807, 2.05) is 31.2 Å². The highest BCUT2D eigenvalue weighted by molar-refractivity contribution is 8.15. The smallest absolute Gasteiger partial charge is 0.270 e. The van der Waals surface area contributed by atoms with Crippen LogP contribution in [0.2, 0.25) is 0 Å². The molecule has 3 N–H and O–H groups in total. The highest BCUT2D eigenvalue weighted by Crippen LogP contribution is 2.37. The third kappa shape index (κ3) is 6.41. The molecule has 4 aromatic rings. The summed E-state index contributed by atoms with van der Waals surface area (Å²) in [6, 6.07) is 16.0. The van der Waals surface area contributed by atoms with E-state index in [0.29, 0.717) is 29.1 Å². The van der Waals surface area contributed by atoms with Gasteiger partial charge < -0.3 is 20.2 Å². The van der Waals surface area contributed by atoms with E-state index in [-0.39, 0.29) is 28.2 Å². The van der Waals surface area contributed by atoms with Crippen LogP contribution in [-0.2, 0) is 11.3 Å². The number of halogens is 1. The van der Waals surface area contributed by atoms with Crippen molar-refractivity contribution >= 4 is 21.7 Å². The maximum absolute atomic E-state index is 12.7. The molecule has 39 heavy (non-hydrogen) atoms. The first kappa shape index (κ1) is 27.1. The lowest BCUT2D eigenvalue weighted by molar-refractivity contribution is 0.0999. The highest BCUT2D eigenvalue weighted by Gasteiger charge is 2.19. The van der Waals surface area contributed by atoms with E-state index >= 15 is 0 Å². The Balaban J connectivity index is 1.33. The number of nitrogens with one attached hydrogen (secondary N) is 1. The van der Waals surface area contributed by atoms with E-state index in [1.54, 1.807) is 6.20 Å². The Bertz CT molecular complexity index is 1420. The van der Waals surface area contributed by atoms with Crippen LogP contribution in [0.3, 0.4) is 0 Å². The lowest BCUT2D eigenvalue weighted by atomic mass is 10.1. The highest BCUT2D eigenvalue weighted by atomic mass is 32.2. The Morgan fingerprint density at radius 2 is 1.74 bits per heavy atom. The van der Waals surface area contributed by atoms with Crippen LogP contribution in [0.15, 0.2) is 64.0 Å². The molecule has 0 aliphatic carbocycles. The van der Waals surface area contributed by atoms with E-state index < -0.39 is 6.67 Å². The molecular weight excluding hydrogens is 515 g/mol. The summed E-state index contributed by atoms with van der Waals surface area (Å²) in [4.78, 5) is 10.4. The van der Waals surface area contributed by atoms with Gasteiger partial charge in [0, 0.05) is 47.1 Å². The van der Waals surface area contributed by atoms with Crippen LogP contribution in [0.25, 0.3) is 34.3 Å². The minimum absolute atomic E-state index is 0.0823. The molecule has 3 heterocycles. The van der Waals surface area contributed by atoms with Crippen molar-refractivity contribution in [2.24, 2.45) is 0 Å². The summed E-state index contributed by atoms with van der Waals surface area (Å²) in [6.45, 7) is 5.80. The first-order valence-corrected chi connectivity index (χ1v) is 14.5. The Labute approximate surface area is 230 Å². The van der Waals surface area contributed by atoms with Crippen molar-refractivity contribution in [3.63, 3.8) is 0 Å². The van der Waals surface area contributed by atoms with Gasteiger partial charge in [0.1, 0.15) is 6.67 Å². The maximum atomic E-state index is 12.7. The van der Waals surface area contributed by atoms with Gasteiger partial charge in [-0.15, -0.1) is 10.2 Å². The number of nitrogen functional groups attached to an aromatic ring is 1. The summed E-state index contributed by atoms with van der Waals surface area (Å²) in [5.74, 6) is 0.779. The fourth-order valence-corrected chi connectivity index (χ4v) is 6.67. The Kier molecular flexibility index (Phi) is 8.75.